The summed E-state index contributed by atoms with van der Waals surface area (Å²) >= 11 is 0. The van der Waals surface area contributed by atoms with Gasteiger partial charge in [0.2, 0.25) is 0 Å². The number of benzene rings is 2. The largest absolute Gasteiger partial charge is 0.494 e. The van der Waals surface area contributed by atoms with Crippen LogP contribution in [-0.2, 0) is 6.42 Å². The SMILES string of the molecule is CCOc1ccc(CC(c2ccccc2)C(C)N)cc1.Cl. The van der Waals surface area contributed by atoms with Gasteiger partial charge in [-0.25, -0.2) is 0 Å². The maximum atomic E-state index is 6.17. The molecule has 0 aliphatic rings. The van der Waals surface area contributed by atoms with Gasteiger partial charge in [0.1, 0.15) is 5.75 Å². The standard InChI is InChI=1S/C18H23NO.ClH/c1-3-20-17-11-9-15(10-12-17)13-18(14(2)19)16-7-5-4-6-8-16;/h4-12,14,18H,3,13,19H2,1-2H3;1H. The maximum Gasteiger partial charge on any atom is 0.119 e. The molecule has 0 aromatic heterocycles. The molecule has 0 bridgehead atoms. The van der Waals surface area contributed by atoms with Crippen molar-refractivity contribution in [1.82, 2.24) is 0 Å². The van der Waals surface area contributed by atoms with Gasteiger partial charge >= 0.3 is 0 Å². The number of rotatable bonds is 6. The Hall–Kier alpha value is -1.51. The normalized spacial score (nSPS) is 13.1. The highest BCUT2D eigenvalue weighted by Gasteiger charge is 2.16. The van der Waals surface area contributed by atoms with E-state index in [4.69, 9.17) is 10.5 Å². The van der Waals surface area contributed by atoms with Crippen LogP contribution in [0, 0.1) is 0 Å². The van der Waals surface area contributed by atoms with Crippen molar-refractivity contribution in [3.8, 4) is 5.75 Å². The van der Waals surface area contributed by atoms with Crippen molar-refractivity contribution in [3.63, 3.8) is 0 Å². The monoisotopic (exact) mass is 305 g/mol. The van der Waals surface area contributed by atoms with Crippen molar-refractivity contribution in [2.75, 3.05) is 6.61 Å². The van der Waals surface area contributed by atoms with E-state index in [1.54, 1.807) is 0 Å². The van der Waals surface area contributed by atoms with Crippen molar-refractivity contribution < 1.29 is 4.74 Å². The third-order valence-electron chi connectivity index (χ3n) is 3.55. The smallest absolute Gasteiger partial charge is 0.119 e. The van der Waals surface area contributed by atoms with Gasteiger partial charge in [0.05, 0.1) is 6.61 Å². The first-order valence-corrected chi connectivity index (χ1v) is 7.23. The van der Waals surface area contributed by atoms with Crippen LogP contribution >= 0.6 is 12.4 Å². The van der Waals surface area contributed by atoms with Gasteiger partial charge in [-0.2, -0.15) is 0 Å². The summed E-state index contributed by atoms with van der Waals surface area (Å²) in [6.07, 6.45) is 0.952. The number of hydrogen-bond donors (Lipinski definition) is 1. The van der Waals surface area contributed by atoms with E-state index < -0.39 is 0 Å². The summed E-state index contributed by atoms with van der Waals surface area (Å²) in [7, 11) is 0. The molecule has 21 heavy (non-hydrogen) atoms. The highest BCUT2D eigenvalue weighted by Crippen LogP contribution is 2.24. The molecular weight excluding hydrogens is 282 g/mol. The van der Waals surface area contributed by atoms with Crippen molar-refractivity contribution in [1.29, 1.82) is 0 Å². The fraction of sp³-hybridized carbons (Fsp3) is 0.333. The van der Waals surface area contributed by atoms with Gasteiger partial charge in [0, 0.05) is 12.0 Å². The van der Waals surface area contributed by atoms with Crippen molar-refractivity contribution in [2.45, 2.75) is 32.2 Å². The highest BCUT2D eigenvalue weighted by molar-refractivity contribution is 5.85. The van der Waals surface area contributed by atoms with Crippen LogP contribution in [-0.4, -0.2) is 12.6 Å². The Morgan fingerprint density at radius 1 is 1.00 bits per heavy atom. The lowest BCUT2D eigenvalue weighted by Crippen LogP contribution is -2.26. The number of halogens is 1. The lowest BCUT2D eigenvalue weighted by molar-refractivity contribution is 0.340. The molecule has 0 aliphatic carbocycles. The second kappa shape index (κ2) is 8.71. The van der Waals surface area contributed by atoms with Crippen molar-refractivity contribution in [3.05, 3.63) is 65.7 Å². The van der Waals surface area contributed by atoms with Gasteiger partial charge in [0.25, 0.3) is 0 Å². The van der Waals surface area contributed by atoms with E-state index in [-0.39, 0.29) is 18.4 Å². The van der Waals surface area contributed by atoms with E-state index in [0.29, 0.717) is 12.5 Å². The van der Waals surface area contributed by atoms with E-state index >= 15 is 0 Å². The Balaban J connectivity index is 0.00000220. The second-order valence-corrected chi connectivity index (χ2v) is 5.16. The van der Waals surface area contributed by atoms with Gasteiger partial charge in [-0.05, 0) is 43.5 Å². The molecule has 0 heterocycles. The molecule has 0 aliphatic heterocycles. The minimum atomic E-state index is 0. The molecule has 0 radical (unpaired) electrons. The molecule has 2 nitrogen and oxygen atoms in total. The quantitative estimate of drug-likeness (QED) is 0.869. The lowest BCUT2D eigenvalue weighted by atomic mass is 9.87. The van der Waals surface area contributed by atoms with Crippen LogP contribution < -0.4 is 10.5 Å². The maximum absolute atomic E-state index is 6.17. The summed E-state index contributed by atoms with van der Waals surface area (Å²) in [5.74, 6) is 1.27. The van der Waals surface area contributed by atoms with Crippen LogP contribution in [0.3, 0.4) is 0 Å². The summed E-state index contributed by atoms with van der Waals surface area (Å²) in [4.78, 5) is 0. The minimum absolute atomic E-state index is 0. The third kappa shape index (κ3) is 5.07. The van der Waals surface area contributed by atoms with Gasteiger partial charge < -0.3 is 10.5 Å². The summed E-state index contributed by atoms with van der Waals surface area (Å²) < 4.78 is 5.47. The van der Waals surface area contributed by atoms with Gasteiger partial charge in [-0.15, -0.1) is 12.4 Å². The molecule has 2 N–H and O–H groups in total. The predicted octanol–water partition coefficient (Wildman–Crippen LogP) is 4.18. The van der Waals surface area contributed by atoms with Gasteiger partial charge in [-0.1, -0.05) is 42.5 Å². The van der Waals surface area contributed by atoms with E-state index in [9.17, 15) is 0 Å². The first kappa shape index (κ1) is 17.5. The van der Waals surface area contributed by atoms with Crippen LogP contribution in [0.5, 0.6) is 5.75 Å². The average molecular weight is 306 g/mol. The second-order valence-electron chi connectivity index (χ2n) is 5.16. The Morgan fingerprint density at radius 3 is 2.14 bits per heavy atom. The molecule has 2 atom stereocenters. The topological polar surface area (TPSA) is 35.2 Å². The lowest BCUT2D eigenvalue weighted by Gasteiger charge is -2.21. The molecule has 2 aromatic rings. The summed E-state index contributed by atoms with van der Waals surface area (Å²) in [5, 5.41) is 0. The summed E-state index contributed by atoms with van der Waals surface area (Å²) in [6, 6.07) is 18.9. The third-order valence-corrected chi connectivity index (χ3v) is 3.55. The molecule has 2 rings (SSSR count). The Kier molecular flexibility index (Phi) is 7.27. The molecule has 0 saturated heterocycles. The number of ether oxygens (including phenoxy) is 1. The van der Waals surface area contributed by atoms with Crippen LogP contribution in [0.1, 0.15) is 30.9 Å². The van der Waals surface area contributed by atoms with E-state index in [0.717, 1.165) is 12.2 Å². The van der Waals surface area contributed by atoms with E-state index in [1.165, 1.54) is 11.1 Å². The minimum Gasteiger partial charge on any atom is -0.494 e. The van der Waals surface area contributed by atoms with Gasteiger partial charge in [0.15, 0.2) is 0 Å². The average Bonchev–Trinajstić information content (AvgIpc) is 2.47. The Labute approximate surface area is 133 Å². The fourth-order valence-corrected chi connectivity index (χ4v) is 2.45. The Morgan fingerprint density at radius 2 is 1.62 bits per heavy atom. The molecule has 2 aromatic carbocycles. The van der Waals surface area contributed by atoms with Crippen LogP contribution in [0.25, 0.3) is 0 Å². The highest BCUT2D eigenvalue weighted by atomic mass is 35.5. The molecule has 0 spiro atoms. The first-order chi connectivity index (χ1) is 9.70. The van der Waals surface area contributed by atoms with E-state index in [2.05, 4.69) is 43.3 Å². The number of hydrogen-bond acceptors (Lipinski definition) is 2. The predicted molar refractivity (Wildman–Crippen MR) is 91.4 cm³/mol. The molecule has 3 heteroatoms. The van der Waals surface area contributed by atoms with Crippen LogP contribution in [0.15, 0.2) is 54.6 Å². The van der Waals surface area contributed by atoms with Crippen molar-refractivity contribution in [2.24, 2.45) is 5.73 Å². The molecule has 114 valence electrons. The summed E-state index contributed by atoms with van der Waals surface area (Å²) in [6.45, 7) is 4.77. The summed E-state index contributed by atoms with van der Waals surface area (Å²) in [5.41, 5.74) is 8.76. The molecule has 0 saturated carbocycles. The molecule has 0 amide bonds. The zero-order valence-electron chi connectivity index (χ0n) is 12.7. The van der Waals surface area contributed by atoms with Crippen LogP contribution in [0.4, 0.5) is 0 Å². The fourth-order valence-electron chi connectivity index (χ4n) is 2.45. The zero-order chi connectivity index (χ0) is 14.4. The van der Waals surface area contributed by atoms with Crippen molar-refractivity contribution >= 4 is 12.4 Å². The zero-order valence-corrected chi connectivity index (χ0v) is 13.5. The van der Waals surface area contributed by atoms with Crippen LogP contribution in [0.2, 0.25) is 0 Å². The molecule has 0 fully saturated rings. The Bertz CT molecular complexity index is 511. The molecular formula is C18H24ClNO. The molecule has 2 unspecified atom stereocenters. The van der Waals surface area contributed by atoms with Gasteiger partial charge in [-0.3, -0.25) is 0 Å². The number of nitrogens with two attached hydrogens (primary N) is 1. The first-order valence-electron chi connectivity index (χ1n) is 7.23. The van der Waals surface area contributed by atoms with E-state index in [1.807, 2.05) is 25.1 Å².